The van der Waals surface area contributed by atoms with Crippen LogP contribution < -0.4 is 17.0 Å². The Balaban J connectivity index is 0.00000210. The SMILES string of the molecule is C=CC[N+]12CCC(CC1)[C@@H](OC[C@](O)(c1ccccc1)C1CCCC1)C2.[Br-]. The van der Waals surface area contributed by atoms with Crippen molar-refractivity contribution in [2.75, 3.05) is 32.8 Å². The number of quaternary nitrogens is 1. The maximum atomic E-state index is 11.7. The molecule has 0 radical (unpaired) electrons. The Morgan fingerprint density at radius 3 is 2.41 bits per heavy atom. The van der Waals surface area contributed by atoms with Gasteiger partial charge in [-0.05, 0) is 30.4 Å². The van der Waals surface area contributed by atoms with E-state index in [4.69, 9.17) is 4.74 Å². The molecule has 0 aromatic heterocycles. The minimum Gasteiger partial charge on any atom is -1.00 e. The van der Waals surface area contributed by atoms with Gasteiger partial charge < -0.3 is 31.3 Å². The second kappa shape index (κ2) is 8.77. The molecule has 1 aliphatic carbocycles. The van der Waals surface area contributed by atoms with Gasteiger partial charge in [0.05, 0.1) is 26.2 Å². The van der Waals surface area contributed by atoms with Crippen LogP contribution in [0.2, 0.25) is 0 Å². The van der Waals surface area contributed by atoms with Gasteiger partial charge in [-0.2, -0.15) is 0 Å². The van der Waals surface area contributed by atoms with Crippen LogP contribution in [0.5, 0.6) is 0 Å². The molecule has 0 amide bonds. The van der Waals surface area contributed by atoms with Gasteiger partial charge in [0.25, 0.3) is 0 Å². The summed E-state index contributed by atoms with van der Waals surface area (Å²) < 4.78 is 7.66. The molecular formula is C23H34BrNO2. The summed E-state index contributed by atoms with van der Waals surface area (Å²) in [6.45, 7) is 9.09. The van der Waals surface area contributed by atoms with Gasteiger partial charge in [0.1, 0.15) is 18.2 Å². The Morgan fingerprint density at radius 2 is 1.78 bits per heavy atom. The van der Waals surface area contributed by atoms with Crippen molar-refractivity contribution in [1.82, 2.24) is 0 Å². The molecule has 1 saturated carbocycles. The minimum absolute atomic E-state index is 0. The van der Waals surface area contributed by atoms with Crippen molar-refractivity contribution in [2.24, 2.45) is 11.8 Å². The monoisotopic (exact) mass is 435 g/mol. The van der Waals surface area contributed by atoms with Crippen LogP contribution in [-0.4, -0.2) is 48.5 Å². The number of piperidine rings is 3. The average Bonchev–Trinajstić information content (AvgIpc) is 3.23. The first-order chi connectivity index (χ1) is 12.7. The van der Waals surface area contributed by atoms with Crippen LogP contribution in [0.1, 0.15) is 44.1 Å². The molecule has 4 aliphatic rings. The lowest BCUT2D eigenvalue weighted by Crippen LogP contribution is -3.00. The zero-order valence-electron chi connectivity index (χ0n) is 16.4. The third-order valence-corrected chi connectivity index (χ3v) is 7.38. The fraction of sp³-hybridized carbons (Fsp3) is 0.652. The molecule has 4 heteroatoms. The van der Waals surface area contributed by atoms with Crippen molar-refractivity contribution < 1.29 is 31.3 Å². The minimum atomic E-state index is -0.840. The highest BCUT2D eigenvalue weighted by molar-refractivity contribution is 5.24. The highest BCUT2D eigenvalue weighted by Crippen LogP contribution is 2.42. The number of nitrogens with zero attached hydrogens (tertiary/aromatic N) is 1. The highest BCUT2D eigenvalue weighted by Gasteiger charge is 2.47. The maximum Gasteiger partial charge on any atom is 0.116 e. The standard InChI is InChI=1S/C23H34NO2.BrH/c1-2-14-24-15-12-19(13-16-24)22(17-24)26-18-23(25,21-10-6-7-11-21)20-8-4-3-5-9-20;/h2-5,8-9,19,21-22,25H,1,6-7,10-18H2;1H/q+1;/p-1/t19?,22-,23-,24?;/m0./s1. The van der Waals surface area contributed by atoms with Crippen LogP contribution in [0.25, 0.3) is 0 Å². The van der Waals surface area contributed by atoms with Crippen molar-refractivity contribution in [3.05, 3.63) is 48.6 Å². The number of hydrogen-bond donors (Lipinski definition) is 1. The smallest absolute Gasteiger partial charge is 0.116 e. The summed E-state index contributed by atoms with van der Waals surface area (Å²) in [7, 11) is 0. The van der Waals surface area contributed by atoms with E-state index in [0.29, 0.717) is 18.4 Å². The van der Waals surface area contributed by atoms with E-state index in [0.717, 1.165) is 36.0 Å². The Hall–Kier alpha value is -0.680. The molecular weight excluding hydrogens is 402 g/mol. The normalized spacial score (nSPS) is 32.6. The van der Waals surface area contributed by atoms with Gasteiger partial charge in [-0.3, -0.25) is 0 Å². The van der Waals surface area contributed by atoms with Crippen molar-refractivity contribution in [1.29, 1.82) is 0 Å². The third-order valence-electron chi connectivity index (χ3n) is 7.38. The zero-order chi connectivity index (χ0) is 18.0. The number of fused-ring (bicyclic) bond motifs is 3. The quantitative estimate of drug-likeness (QED) is 0.508. The molecule has 3 saturated heterocycles. The molecule has 4 fully saturated rings. The van der Waals surface area contributed by atoms with E-state index < -0.39 is 5.60 Å². The molecule has 150 valence electrons. The summed E-state index contributed by atoms with van der Waals surface area (Å²) in [5.41, 5.74) is 0.190. The predicted molar refractivity (Wildman–Crippen MR) is 105 cm³/mol. The van der Waals surface area contributed by atoms with E-state index in [9.17, 15) is 5.11 Å². The highest BCUT2D eigenvalue weighted by atomic mass is 79.9. The van der Waals surface area contributed by atoms with Crippen LogP contribution in [0, 0.1) is 11.8 Å². The summed E-state index contributed by atoms with van der Waals surface area (Å²) in [5, 5.41) is 11.7. The first-order valence-corrected chi connectivity index (χ1v) is 10.5. The Morgan fingerprint density at radius 1 is 1.11 bits per heavy atom. The van der Waals surface area contributed by atoms with E-state index in [1.54, 1.807) is 0 Å². The van der Waals surface area contributed by atoms with E-state index in [1.165, 1.54) is 38.8 Å². The molecule has 3 aliphatic heterocycles. The second-order valence-electron chi connectivity index (χ2n) is 8.90. The Kier molecular flexibility index (Phi) is 6.83. The molecule has 1 N–H and O–H groups in total. The van der Waals surface area contributed by atoms with E-state index in [2.05, 4.69) is 24.8 Å². The summed E-state index contributed by atoms with van der Waals surface area (Å²) in [4.78, 5) is 0. The van der Waals surface area contributed by atoms with Crippen LogP contribution in [0.4, 0.5) is 0 Å². The first-order valence-electron chi connectivity index (χ1n) is 10.5. The number of hydrogen-bond acceptors (Lipinski definition) is 2. The second-order valence-corrected chi connectivity index (χ2v) is 8.90. The summed E-state index contributed by atoms with van der Waals surface area (Å²) in [5.74, 6) is 0.991. The topological polar surface area (TPSA) is 29.5 Å². The van der Waals surface area contributed by atoms with Gasteiger partial charge >= 0.3 is 0 Å². The van der Waals surface area contributed by atoms with E-state index >= 15 is 0 Å². The lowest BCUT2D eigenvalue weighted by molar-refractivity contribution is -0.941. The van der Waals surface area contributed by atoms with Crippen molar-refractivity contribution in [3.63, 3.8) is 0 Å². The molecule has 2 atom stereocenters. The molecule has 3 nitrogen and oxygen atoms in total. The van der Waals surface area contributed by atoms with Gasteiger partial charge in [0.2, 0.25) is 0 Å². The molecule has 27 heavy (non-hydrogen) atoms. The van der Waals surface area contributed by atoms with Crippen LogP contribution in [-0.2, 0) is 10.3 Å². The number of aliphatic hydroxyl groups is 1. The number of halogens is 1. The van der Waals surface area contributed by atoms with Gasteiger partial charge in [-0.25, -0.2) is 0 Å². The maximum absolute atomic E-state index is 11.7. The molecule has 1 aromatic carbocycles. The fourth-order valence-electron chi connectivity index (χ4n) is 5.74. The largest absolute Gasteiger partial charge is 1.00 e. The van der Waals surface area contributed by atoms with Crippen LogP contribution in [0.3, 0.4) is 0 Å². The fourth-order valence-corrected chi connectivity index (χ4v) is 5.74. The van der Waals surface area contributed by atoms with Gasteiger partial charge in [0, 0.05) is 18.8 Å². The van der Waals surface area contributed by atoms with Crippen molar-refractivity contribution >= 4 is 0 Å². The van der Waals surface area contributed by atoms with Gasteiger partial charge in [-0.1, -0.05) is 49.8 Å². The van der Waals surface area contributed by atoms with Crippen molar-refractivity contribution in [2.45, 2.75) is 50.2 Å². The van der Waals surface area contributed by atoms with Crippen LogP contribution in [0.15, 0.2) is 43.0 Å². The third kappa shape index (κ3) is 4.19. The average molecular weight is 436 g/mol. The van der Waals surface area contributed by atoms with Crippen molar-refractivity contribution in [3.8, 4) is 0 Å². The number of rotatable bonds is 7. The Labute approximate surface area is 174 Å². The lowest BCUT2D eigenvalue weighted by Gasteiger charge is -2.52. The zero-order valence-corrected chi connectivity index (χ0v) is 17.9. The summed E-state index contributed by atoms with van der Waals surface area (Å²) in [6.07, 6.45) is 9.54. The van der Waals surface area contributed by atoms with Gasteiger partial charge in [0.15, 0.2) is 0 Å². The molecule has 3 heterocycles. The van der Waals surface area contributed by atoms with Gasteiger partial charge in [-0.15, -0.1) is 0 Å². The first kappa shape index (κ1) is 21.0. The number of benzene rings is 1. The lowest BCUT2D eigenvalue weighted by atomic mass is 9.80. The molecule has 1 aromatic rings. The molecule has 5 rings (SSSR count). The molecule has 0 spiro atoms. The molecule has 2 bridgehead atoms. The summed E-state index contributed by atoms with van der Waals surface area (Å²) in [6, 6.07) is 10.2. The predicted octanol–water partition coefficient (Wildman–Crippen LogP) is 0.880. The van der Waals surface area contributed by atoms with Crippen LogP contribution >= 0.6 is 0 Å². The number of ether oxygens (including phenoxy) is 1. The molecule has 0 unspecified atom stereocenters. The Bertz CT molecular complexity index is 608. The van der Waals surface area contributed by atoms with E-state index in [1.807, 2.05) is 18.2 Å². The summed E-state index contributed by atoms with van der Waals surface area (Å²) >= 11 is 0. The van der Waals surface area contributed by atoms with E-state index in [-0.39, 0.29) is 23.1 Å².